The molecule has 0 radical (unpaired) electrons. The summed E-state index contributed by atoms with van der Waals surface area (Å²) < 4.78 is 0. The van der Waals surface area contributed by atoms with Gasteiger partial charge in [0, 0.05) is 13.1 Å². The van der Waals surface area contributed by atoms with Gasteiger partial charge < -0.3 is 20.0 Å². The lowest BCUT2D eigenvalue weighted by molar-refractivity contribution is 0.143. The summed E-state index contributed by atoms with van der Waals surface area (Å²) in [5, 5.41) is 19.6. The molecule has 0 spiro atoms. The van der Waals surface area contributed by atoms with Crippen molar-refractivity contribution in [2.45, 2.75) is 37.8 Å². The second-order valence-electron chi connectivity index (χ2n) is 7.18. The summed E-state index contributed by atoms with van der Waals surface area (Å²) in [6, 6.07) is 14.5. The molecule has 2 saturated heterocycles. The number of urea groups is 1. The Balaban J connectivity index is 1.57. The maximum absolute atomic E-state index is 13.3. The quantitative estimate of drug-likeness (QED) is 0.852. The zero-order valence-corrected chi connectivity index (χ0v) is 14.7. The van der Waals surface area contributed by atoms with Crippen LogP contribution in [0.2, 0.25) is 0 Å². The molecule has 2 aromatic carbocycles. The highest BCUT2D eigenvalue weighted by Gasteiger charge is 2.37. The lowest BCUT2D eigenvalue weighted by atomic mass is 10.0. The molecule has 0 aliphatic carbocycles. The van der Waals surface area contributed by atoms with Gasteiger partial charge >= 0.3 is 6.03 Å². The second kappa shape index (κ2) is 6.90. The highest BCUT2D eigenvalue weighted by Crippen LogP contribution is 2.38. The molecule has 136 valence electrons. The number of aromatic hydroxyl groups is 2. The SMILES string of the molecule is O=C(N1CCCC1c1cccc(O)c1)N1CCCC1c1cccc(O)c1. The number of hydrogen-bond acceptors (Lipinski definition) is 3. The standard InChI is InChI=1S/C21H24N2O3/c24-17-7-1-5-15(13-17)19-9-3-11-22(19)21(26)23-12-4-10-20(23)16-6-2-8-18(25)14-16/h1-2,5-8,13-14,19-20,24-25H,3-4,9-12H2. The van der Waals surface area contributed by atoms with Gasteiger partial charge in [-0.2, -0.15) is 0 Å². The van der Waals surface area contributed by atoms with E-state index in [1.54, 1.807) is 24.3 Å². The van der Waals surface area contributed by atoms with Crippen molar-refractivity contribution in [2.75, 3.05) is 13.1 Å². The van der Waals surface area contributed by atoms with Gasteiger partial charge in [0.25, 0.3) is 0 Å². The predicted molar refractivity (Wildman–Crippen MR) is 99.0 cm³/mol. The highest BCUT2D eigenvalue weighted by molar-refractivity contribution is 5.76. The minimum Gasteiger partial charge on any atom is -0.508 e. The molecule has 2 aliphatic heterocycles. The van der Waals surface area contributed by atoms with Crippen molar-refractivity contribution in [3.8, 4) is 11.5 Å². The Labute approximate surface area is 153 Å². The summed E-state index contributed by atoms with van der Waals surface area (Å²) >= 11 is 0. The fourth-order valence-electron chi connectivity index (χ4n) is 4.31. The van der Waals surface area contributed by atoms with Crippen LogP contribution in [0.15, 0.2) is 48.5 Å². The van der Waals surface area contributed by atoms with Crippen LogP contribution >= 0.6 is 0 Å². The Morgan fingerprint density at radius 1 is 0.808 bits per heavy atom. The first-order chi connectivity index (χ1) is 12.6. The van der Waals surface area contributed by atoms with Crippen LogP contribution in [0.1, 0.15) is 48.9 Å². The highest BCUT2D eigenvalue weighted by atomic mass is 16.3. The third-order valence-electron chi connectivity index (χ3n) is 5.51. The van der Waals surface area contributed by atoms with Gasteiger partial charge in [0.05, 0.1) is 12.1 Å². The number of rotatable bonds is 2. The molecule has 2 aromatic rings. The summed E-state index contributed by atoms with van der Waals surface area (Å²) in [6.45, 7) is 1.48. The minimum absolute atomic E-state index is 0.0139. The molecule has 2 N–H and O–H groups in total. The lowest BCUT2D eigenvalue weighted by Gasteiger charge is -2.33. The molecule has 5 nitrogen and oxygen atoms in total. The van der Waals surface area contributed by atoms with Gasteiger partial charge in [0.15, 0.2) is 0 Å². The second-order valence-corrected chi connectivity index (χ2v) is 7.18. The smallest absolute Gasteiger partial charge is 0.321 e. The van der Waals surface area contributed by atoms with Gasteiger partial charge in [-0.05, 0) is 61.1 Å². The zero-order chi connectivity index (χ0) is 18.1. The first kappa shape index (κ1) is 16.8. The fourth-order valence-corrected chi connectivity index (χ4v) is 4.31. The molecular formula is C21H24N2O3. The molecule has 26 heavy (non-hydrogen) atoms. The normalized spacial score (nSPS) is 22.8. The van der Waals surface area contributed by atoms with Crippen LogP contribution in [0.25, 0.3) is 0 Å². The van der Waals surface area contributed by atoms with Crippen LogP contribution in [0, 0.1) is 0 Å². The fraction of sp³-hybridized carbons (Fsp3) is 0.381. The number of benzene rings is 2. The molecule has 4 rings (SSSR count). The number of carbonyl (C=O) groups excluding carboxylic acids is 1. The average molecular weight is 352 g/mol. The predicted octanol–water partition coefficient (Wildman–Crippen LogP) is 4.19. The number of phenols is 2. The maximum Gasteiger partial charge on any atom is 0.321 e. The van der Waals surface area contributed by atoms with E-state index in [4.69, 9.17) is 0 Å². The van der Waals surface area contributed by atoms with E-state index in [1.165, 1.54) is 0 Å². The monoisotopic (exact) mass is 352 g/mol. The molecule has 0 saturated carbocycles. The van der Waals surface area contributed by atoms with E-state index in [9.17, 15) is 15.0 Å². The molecular weight excluding hydrogens is 328 g/mol. The van der Waals surface area contributed by atoms with Crippen LogP contribution in [0.5, 0.6) is 11.5 Å². The minimum atomic E-state index is 0.0139. The van der Waals surface area contributed by atoms with Crippen LogP contribution in [0.4, 0.5) is 4.79 Å². The van der Waals surface area contributed by atoms with Crippen molar-refractivity contribution in [3.63, 3.8) is 0 Å². The molecule has 2 heterocycles. The number of hydrogen-bond donors (Lipinski definition) is 2. The molecule has 0 aromatic heterocycles. The Hall–Kier alpha value is -2.69. The van der Waals surface area contributed by atoms with Crippen LogP contribution in [0.3, 0.4) is 0 Å². The van der Waals surface area contributed by atoms with E-state index in [2.05, 4.69) is 0 Å². The number of amides is 2. The van der Waals surface area contributed by atoms with Crippen LogP contribution in [-0.2, 0) is 0 Å². The third kappa shape index (κ3) is 3.09. The van der Waals surface area contributed by atoms with Gasteiger partial charge in [-0.1, -0.05) is 24.3 Å². The van der Waals surface area contributed by atoms with Gasteiger partial charge in [0.1, 0.15) is 11.5 Å². The number of nitrogens with zero attached hydrogens (tertiary/aromatic N) is 2. The van der Waals surface area contributed by atoms with Gasteiger partial charge in [-0.3, -0.25) is 0 Å². The van der Waals surface area contributed by atoms with Crippen molar-refractivity contribution in [3.05, 3.63) is 59.7 Å². The number of likely N-dealkylation sites (tertiary alicyclic amines) is 2. The zero-order valence-electron chi connectivity index (χ0n) is 14.7. The Kier molecular flexibility index (Phi) is 4.45. The summed E-state index contributed by atoms with van der Waals surface area (Å²) in [6.07, 6.45) is 3.77. The van der Waals surface area contributed by atoms with E-state index < -0.39 is 0 Å². The van der Waals surface area contributed by atoms with Crippen molar-refractivity contribution in [1.82, 2.24) is 9.80 Å². The number of phenolic OH excluding ortho intramolecular Hbond substituents is 2. The topological polar surface area (TPSA) is 64.0 Å². The Morgan fingerprint density at radius 3 is 1.69 bits per heavy atom. The molecule has 2 amide bonds. The molecule has 5 heteroatoms. The van der Waals surface area contributed by atoms with Crippen LogP contribution in [-0.4, -0.2) is 39.1 Å². The Bertz CT molecular complexity index is 742. The van der Waals surface area contributed by atoms with E-state index in [1.807, 2.05) is 34.1 Å². The summed E-state index contributed by atoms with van der Waals surface area (Å²) in [7, 11) is 0. The van der Waals surface area contributed by atoms with E-state index in [0.717, 1.165) is 49.9 Å². The van der Waals surface area contributed by atoms with Gasteiger partial charge in [-0.25, -0.2) is 4.79 Å². The molecule has 2 fully saturated rings. The first-order valence-corrected chi connectivity index (χ1v) is 9.28. The average Bonchev–Trinajstić information content (AvgIpc) is 3.31. The first-order valence-electron chi connectivity index (χ1n) is 9.28. The van der Waals surface area contributed by atoms with Crippen molar-refractivity contribution >= 4 is 6.03 Å². The van der Waals surface area contributed by atoms with E-state index >= 15 is 0 Å². The number of carbonyl (C=O) groups is 1. The maximum atomic E-state index is 13.3. The van der Waals surface area contributed by atoms with Crippen molar-refractivity contribution in [2.24, 2.45) is 0 Å². The molecule has 0 bridgehead atoms. The molecule has 2 atom stereocenters. The van der Waals surface area contributed by atoms with E-state index in [-0.39, 0.29) is 29.6 Å². The van der Waals surface area contributed by atoms with Crippen molar-refractivity contribution in [1.29, 1.82) is 0 Å². The van der Waals surface area contributed by atoms with Gasteiger partial charge in [-0.15, -0.1) is 0 Å². The Morgan fingerprint density at radius 2 is 1.27 bits per heavy atom. The summed E-state index contributed by atoms with van der Waals surface area (Å²) in [5.74, 6) is 0.473. The molecule has 2 unspecified atom stereocenters. The largest absolute Gasteiger partial charge is 0.508 e. The van der Waals surface area contributed by atoms with E-state index in [0.29, 0.717) is 0 Å². The van der Waals surface area contributed by atoms with Crippen molar-refractivity contribution < 1.29 is 15.0 Å². The van der Waals surface area contributed by atoms with Gasteiger partial charge in [0.2, 0.25) is 0 Å². The lowest BCUT2D eigenvalue weighted by Crippen LogP contribution is -2.42. The summed E-state index contributed by atoms with van der Waals surface area (Å²) in [5.41, 5.74) is 1.98. The third-order valence-corrected chi connectivity index (χ3v) is 5.51. The summed E-state index contributed by atoms with van der Waals surface area (Å²) in [4.78, 5) is 17.2. The van der Waals surface area contributed by atoms with Crippen LogP contribution < -0.4 is 0 Å². The molecule has 2 aliphatic rings.